The Morgan fingerprint density at radius 1 is 0.833 bits per heavy atom. The van der Waals surface area contributed by atoms with E-state index in [1.807, 2.05) is 85.8 Å². The molecule has 0 atom stereocenters. The van der Waals surface area contributed by atoms with E-state index in [0.717, 1.165) is 33.9 Å². The molecule has 1 amide bonds. The van der Waals surface area contributed by atoms with Crippen molar-refractivity contribution in [1.29, 1.82) is 0 Å². The lowest BCUT2D eigenvalue weighted by Gasteiger charge is -2.11. The monoisotopic (exact) mass is 394 g/mol. The molecule has 148 valence electrons. The Kier molecular flexibility index (Phi) is 5.80. The van der Waals surface area contributed by atoms with Gasteiger partial charge in [0.2, 0.25) is 0 Å². The standard InChI is InChI=1S/C25H22N4O/c1-18-10-11-19(15-23(18)25(30)28-17-22-9-5-6-13-26-22)20-12-14-27-24(16-20)29-21-7-3-2-4-8-21/h2-16H,17H2,1H3,(H,27,29)(H,28,30). The molecule has 0 saturated carbocycles. The van der Waals surface area contributed by atoms with Crippen molar-refractivity contribution in [2.24, 2.45) is 0 Å². The Bertz CT molecular complexity index is 1140. The summed E-state index contributed by atoms with van der Waals surface area (Å²) in [5.41, 5.74) is 5.32. The van der Waals surface area contributed by atoms with Crippen LogP contribution in [0.3, 0.4) is 0 Å². The number of nitrogens with zero attached hydrogens (tertiary/aromatic N) is 2. The van der Waals surface area contributed by atoms with E-state index in [1.165, 1.54) is 0 Å². The first-order valence-electron chi connectivity index (χ1n) is 9.76. The molecule has 0 radical (unpaired) electrons. The third-order valence-corrected chi connectivity index (χ3v) is 4.78. The quantitative estimate of drug-likeness (QED) is 0.476. The molecular weight excluding hydrogens is 372 g/mol. The molecule has 5 nitrogen and oxygen atoms in total. The molecular formula is C25H22N4O. The first-order valence-corrected chi connectivity index (χ1v) is 9.76. The summed E-state index contributed by atoms with van der Waals surface area (Å²) in [6.45, 7) is 2.33. The zero-order valence-corrected chi connectivity index (χ0v) is 16.7. The maximum absolute atomic E-state index is 12.8. The van der Waals surface area contributed by atoms with E-state index < -0.39 is 0 Å². The van der Waals surface area contributed by atoms with Gasteiger partial charge in [-0.25, -0.2) is 4.98 Å². The highest BCUT2D eigenvalue weighted by Crippen LogP contribution is 2.25. The molecule has 2 aromatic heterocycles. The number of hydrogen-bond donors (Lipinski definition) is 2. The van der Waals surface area contributed by atoms with Crippen molar-refractivity contribution >= 4 is 17.4 Å². The van der Waals surface area contributed by atoms with Crippen molar-refractivity contribution in [2.45, 2.75) is 13.5 Å². The van der Waals surface area contributed by atoms with Crippen LogP contribution in [0.1, 0.15) is 21.6 Å². The number of amides is 1. The number of rotatable bonds is 6. The van der Waals surface area contributed by atoms with Crippen molar-refractivity contribution in [1.82, 2.24) is 15.3 Å². The van der Waals surface area contributed by atoms with E-state index in [0.29, 0.717) is 12.1 Å². The van der Waals surface area contributed by atoms with Crippen LogP contribution in [-0.2, 0) is 6.54 Å². The molecule has 2 heterocycles. The van der Waals surface area contributed by atoms with Crippen molar-refractivity contribution < 1.29 is 4.79 Å². The Balaban J connectivity index is 1.54. The van der Waals surface area contributed by atoms with E-state index in [2.05, 4.69) is 20.6 Å². The maximum Gasteiger partial charge on any atom is 0.251 e. The fraction of sp³-hybridized carbons (Fsp3) is 0.0800. The number of carbonyl (C=O) groups is 1. The summed E-state index contributed by atoms with van der Waals surface area (Å²) in [7, 11) is 0. The van der Waals surface area contributed by atoms with E-state index in [9.17, 15) is 4.79 Å². The molecule has 2 aromatic carbocycles. The summed E-state index contributed by atoms with van der Waals surface area (Å²) in [6, 6.07) is 25.4. The molecule has 4 rings (SSSR count). The van der Waals surface area contributed by atoms with Crippen LogP contribution < -0.4 is 10.6 Å². The molecule has 4 aromatic rings. The normalized spacial score (nSPS) is 10.4. The average Bonchev–Trinajstić information content (AvgIpc) is 2.79. The van der Waals surface area contributed by atoms with Gasteiger partial charge in [0.15, 0.2) is 0 Å². The predicted molar refractivity (Wildman–Crippen MR) is 120 cm³/mol. The van der Waals surface area contributed by atoms with Crippen LogP contribution in [0.5, 0.6) is 0 Å². The third kappa shape index (κ3) is 4.70. The minimum atomic E-state index is -0.114. The number of pyridine rings is 2. The van der Waals surface area contributed by atoms with Crippen LogP contribution in [0.2, 0.25) is 0 Å². The van der Waals surface area contributed by atoms with Crippen LogP contribution in [0.4, 0.5) is 11.5 Å². The highest BCUT2D eigenvalue weighted by molar-refractivity contribution is 5.97. The summed E-state index contributed by atoms with van der Waals surface area (Å²) in [4.78, 5) is 21.4. The van der Waals surface area contributed by atoms with Crippen molar-refractivity contribution in [3.63, 3.8) is 0 Å². The lowest BCUT2D eigenvalue weighted by atomic mass is 9.99. The van der Waals surface area contributed by atoms with Crippen molar-refractivity contribution in [2.75, 3.05) is 5.32 Å². The van der Waals surface area contributed by atoms with Gasteiger partial charge in [-0.15, -0.1) is 0 Å². The first-order chi connectivity index (χ1) is 14.7. The van der Waals surface area contributed by atoms with Gasteiger partial charge >= 0.3 is 0 Å². The zero-order valence-electron chi connectivity index (χ0n) is 16.7. The van der Waals surface area contributed by atoms with Gasteiger partial charge < -0.3 is 10.6 Å². The predicted octanol–water partition coefficient (Wildman–Crippen LogP) is 5.13. The molecule has 0 saturated heterocycles. The van der Waals surface area contributed by atoms with Gasteiger partial charge in [0.05, 0.1) is 12.2 Å². The lowest BCUT2D eigenvalue weighted by molar-refractivity contribution is 0.0950. The molecule has 5 heteroatoms. The van der Waals surface area contributed by atoms with Crippen LogP contribution >= 0.6 is 0 Å². The number of nitrogens with one attached hydrogen (secondary N) is 2. The van der Waals surface area contributed by atoms with Crippen LogP contribution in [-0.4, -0.2) is 15.9 Å². The zero-order chi connectivity index (χ0) is 20.8. The van der Waals surface area contributed by atoms with Crippen LogP contribution in [0, 0.1) is 6.92 Å². The number of carbonyl (C=O) groups excluding carboxylic acids is 1. The van der Waals surface area contributed by atoms with E-state index in [1.54, 1.807) is 12.4 Å². The Hall–Kier alpha value is -3.99. The minimum absolute atomic E-state index is 0.114. The fourth-order valence-electron chi connectivity index (χ4n) is 3.16. The molecule has 2 N–H and O–H groups in total. The molecule has 0 fully saturated rings. The van der Waals surface area contributed by atoms with E-state index in [4.69, 9.17) is 0 Å². The van der Waals surface area contributed by atoms with Crippen LogP contribution in [0.25, 0.3) is 11.1 Å². The number of anilines is 2. The lowest BCUT2D eigenvalue weighted by Crippen LogP contribution is -2.24. The Morgan fingerprint density at radius 3 is 2.43 bits per heavy atom. The highest BCUT2D eigenvalue weighted by Gasteiger charge is 2.11. The molecule has 0 aliphatic heterocycles. The number of benzene rings is 2. The topological polar surface area (TPSA) is 66.9 Å². The molecule has 0 spiro atoms. The molecule has 0 aliphatic rings. The third-order valence-electron chi connectivity index (χ3n) is 4.78. The second-order valence-corrected chi connectivity index (χ2v) is 6.95. The summed E-state index contributed by atoms with van der Waals surface area (Å²) >= 11 is 0. The Labute approximate surface area is 175 Å². The maximum atomic E-state index is 12.8. The van der Waals surface area contributed by atoms with Gasteiger partial charge in [0.25, 0.3) is 5.91 Å². The molecule has 0 bridgehead atoms. The van der Waals surface area contributed by atoms with Crippen molar-refractivity contribution in [3.05, 3.63) is 108 Å². The van der Waals surface area contributed by atoms with Gasteiger partial charge in [0, 0.05) is 23.6 Å². The Morgan fingerprint density at radius 2 is 1.63 bits per heavy atom. The largest absolute Gasteiger partial charge is 0.346 e. The van der Waals surface area contributed by atoms with Crippen LogP contribution in [0.15, 0.2) is 91.3 Å². The van der Waals surface area contributed by atoms with E-state index >= 15 is 0 Å². The van der Waals surface area contributed by atoms with E-state index in [-0.39, 0.29) is 5.91 Å². The second kappa shape index (κ2) is 9.01. The fourth-order valence-corrected chi connectivity index (χ4v) is 3.16. The number of hydrogen-bond acceptors (Lipinski definition) is 4. The molecule has 30 heavy (non-hydrogen) atoms. The van der Waals surface area contributed by atoms with Crippen molar-refractivity contribution in [3.8, 4) is 11.1 Å². The summed E-state index contributed by atoms with van der Waals surface area (Å²) < 4.78 is 0. The van der Waals surface area contributed by atoms with Gasteiger partial charge in [-0.1, -0.05) is 36.4 Å². The number of para-hydroxylation sites is 1. The molecule has 0 aliphatic carbocycles. The number of aromatic nitrogens is 2. The smallest absolute Gasteiger partial charge is 0.251 e. The summed E-state index contributed by atoms with van der Waals surface area (Å²) in [5, 5.41) is 6.26. The highest BCUT2D eigenvalue weighted by atomic mass is 16.1. The first kappa shape index (κ1) is 19.3. The van der Waals surface area contributed by atoms with Gasteiger partial charge in [-0.2, -0.15) is 0 Å². The SMILES string of the molecule is Cc1ccc(-c2ccnc(Nc3ccccc3)c2)cc1C(=O)NCc1ccccn1. The number of aryl methyl sites for hydroxylation is 1. The van der Waals surface area contributed by atoms with Gasteiger partial charge in [-0.3, -0.25) is 9.78 Å². The van der Waals surface area contributed by atoms with Gasteiger partial charge in [0.1, 0.15) is 5.82 Å². The average molecular weight is 394 g/mol. The summed E-state index contributed by atoms with van der Waals surface area (Å²) in [6.07, 6.45) is 3.49. The second-order valence-electron chi connectivity index (χ2n) is 6.95. The molecule has 0 unspecified atom stereocenters. The van der Waals surface area contributed by atoms with Gasteiger partial charge in [-0.05, 0) is 66.1 Å². The summed E-state index contributed by atoms with van der Waals surface area (Å²) in [5.74, 6) is 0.636. The minimum Gasteiger partial charge on any atom is -0.346 e.